The number of hydrogen-bond donors (Lipinski definition) is 0. The Labute approximate surface area is 55.5 Å². The normalized spacial score (nSPS) is 32.9. The van der Waals surface area contributed by atoms with E-state index in [4.69, 9.17) is 17.9 Å². The number of halogens is 2. The molecule has 1 fully saturated rings. The molecule has 0 aromatic heterocycles. The summed E-state index contributed by atoms with van der Waals surface area (Å²) in [6, 6.07) is 0. The molecule has 0 bridgehead atoms. The van der Waals surface area contributed by atoms with E-state index in [9.17, 15) is 0 Å². The van der Waals surface area contributed by atoms with Crippen molar-refractivity contribution in [2.45, 2.75) is 21.8 Å². The third kappa shape index (κ3) is 1.98. The Balaban J connectivity index is 2.40. The first-order valence-electron chi connectivity index (χ1n) is 2.39. The summed E-state index contributed by atoms with van der Waals surface area (Å²) in [5, 5.41) is 0. The summed E-state index contributed by atoms with van der Waals surface area (Å²) in [5.41, 5.74) is 0. The minimum absolute atomic E-state index is 1.17. The standard InChI is InChI=1S/C4H8Cl2Te/c5-7(6)3-1-2-4-7/h1-4H2. The van der Waals surface area contributed by atoms with Gasteiger partial charge in [0.15, 0.2) is 0 Å². The zero-order chi connectivity index (χ0) is 5.33. The molecule has 0 saturated carbocycles. The minimum atomic E-state index is -2.05. The molecule has 1 aliphatic heterocycles. The van der Waals surface area contributed by atoms with Gasteiger partial charge >= 0.3 is 55.6 Å². The summed E-state index contributed by atoms with van der Waals surface area (Å²) < 4.78 is 2.34. The topological polar surface area (TPSA) is 0 Å². The van der Waals surface area contributed by atoms with Crippen molar-refractivity contribution in [2.75, 3.05) is 0 Å². The van der Waals surface area contributed by atoms with E-state index in [1.54, 1.807) is 0 Å². The molecule has 0 nitrogen and oxygen atoms in total. The van der Waals surface area contributed by atoms with Gasteiger partial charge < -0.3 is 0 Å². The van der Waals surface area contributed by atoms with Crippen LogP contribution in [0.5, 0.6) is 0 Å². The van der Waals surface area contributed by atoms with Gasteiger partial charge in [-0.25, -0.2) is 0 Å². The Morgan fingerprint density at radius 1 is 1.00 bits per heavy atom. The van der Waals surface area contributed by atoms with Gasteiger partial charge in [0, 0.05) is 0 Å². The molecule has 0 radical (unpaired) electrons. The van der Waals surface area contributed by atoms with Gasteiger partial charge in [-0.2, -0.15) is 0 Å². The van der Waals surface area contributed by atoms with Crippen molar-refractivity contribution in [3.05, 3.63) is 0 Å². The van der Waals surface area contributed by atoms with Crippen molar-refractivity contribution in [1.82, 2.24) is 0 Å². The molecule has 0 aliphatic carbocycles. The first-order valence-corrected chi connectivity index (χ1v) is 11.6. The summed E-state index contributed by atoms with van der Waals surface area (Å²) in [4.78, 5) is 0. The second kappa shape index (κ2) is 2.31. The zero-order valence-electron chi connectivity index (χ0n) is 3.99. The van der Waals surface area contributed by atoms with Crippen LogP contribution in [-0.2, 0) is 0 Å². The fraction of sp³-hybridized carbons (Fsp3) is 1.00. The van der Waals surface area contributed by atoms with Gasteiger partial charge in [-0.15, -0.1) is 0 Å². The summed E-state index contributed by atoms with van der Waals surface area (Å²) in [6.07, 6.45) is 2.57. The Hall–Kier alpha value is 1.37. The van der Waals surface area contributed by atoms with Gasteiger partial charge in [0.05, 0.1) is 0 Å². The van der Waals surface area contributed by atoms with Gasteiger partial charge in [0.2, 0.25) is 0 Å². The van der Waals surface area contributed by atoms with E-state index in [1.807, 2.05) is 0 Å². The molecule has 1 rings (SSSR count). The Bertz CT molecular complexity index is 64.1. The second-order valence-electron chi connectivity index (χ2n) is 1.81. The molecule has 44 valence electrons. The number of rotatable bonds is 0. The number of hydrogen-bond acceptors (Lipinski definition) is 0. The SMILES string of the molecule is Cl[Te]1(Cl)CCCC1. The third-order valence-corrected chi connectivity index (χ3v) is 10.3. The molecule has 3 heteroatoms. The quantitative estimate of drug-likeness (QED) is 0.583. The summed E-state index contributed by atoms with van der Waals surface area (Å²) in [6.45, 7) is 0. The average Bonchev–Trinajstić information content (AvgIpc) is 1.84. The molecule has 0 unspecified atom stereocenters. The van der Waals surface area contributed by atoms with E-state index in [2.05, 4.69) is 0 Å². The molecule has 7 heavy (non-hydrogen) atoms. The average molecular weight is 255 g/mol. The Morgan fingerprint density at radius 2 is 1.43 bits per heavy atom. The molecule has 1 saturated heterocycles. The van der Waals surface area contributed by atoms with Crippen LogP contribution in [0.1, 0.15) is 12.8 Å². The third-order valence-electron chi connectivity index (χ3n) is 1.14. The van der Waals surface area contributed by atoms with Crippen molar-refractivity contribution in [3.8, 4) is 0 Å². The molecule has 0 aromatic carbocycles. The van der Waals surface area contributed by atoms with Crippen molar-refractivity contribution in [3.63, 3.8) is 0 Å². The van der Waals surface area contributed by atoms with E-state index in [1.165, 1.54) is 21.8 Å². The predicted octanol–water partition coefficient (Wildman–Crippen LogP) is 2.70. The van der Waals surface area contributed by atoms with E-state index in [0.717, 1.165) is 0 Å². The van der Waals surface area contributed by atoms with Gasteiger partial charge in [-0.3, -0.25) is 0 Å². The maximum atomic E-state index is 5.92. The molecule has 0 N–H and O–H groups in total. The van der Waals surface area contributed by atoms with Crippen LogP contribution in [0.25, 0.3) is 0 Å². The Morgan fingerprint density at radius 3 is 1.57 bits per heavy atom. The molecule has 0 amide bonds. The van der Waals surface area contributed by atoms with Crippen LogP contribution in [0, 0.1) is 0 Å². The molecule has 0 aromatic rings. The van der Waals surface area contributed by atoms with Crippen molar-refractivity contribution < 1.29 is 0 Å². The summed E-state index contributed by atoms with van der Waals surface area (Å²) >= 11 is -2.05. The summed E-state index contributed by atoms with van der Waals surface area (Å²) in [7, 11) is 11.8. The first kappa shape index (κ1) is 6.49. The molecular formula is C4H8Cl2Te. The predicted molar refractivity (Wildman–Crippen MR) is 36.3 cm³/mol. The van der Waals surface area contributed by atoms with Crippen molar-refractivity contribution in [1.29, 1.82) is 0 Å². The first-order chi connectivity index (χ1) is 3.21. The monoisotopic (exact) mass is 256 g/mol. The molecule has 0 spiro atoms. The van der Waals surface area contributed by atoms with Crippen molar-refractivity contribution in [2.24, 2.45) is 0 Å². The fourth-order valence-corrected chi connectivity index (χ4v) is 7.81. The molecular weight excluding hydrogens is 247 g/mol. The summed E-state index contributed by atoms with van der Waals surface area (Å²) in [5.74, 6) is 0. The van der Waals surface area contributed by atoms with Crippen LogP contribution in [-0.4, -0.2) is 15.9 Å². The van der Waals surface area contributed by atoms with Gasteiger partial charge in [-0.05, 0) is 0 Å². The Kier molecular flexibility index (Phi) is 2.14. The van der Waals surface area contributed by atoms with Gasteiger partial charge in [0.1, 0.15) is 0 Å². The van der Waals surface area contributed by atoms with Gasteiger partial charge in [-0.1, -0.05) is 0 Å². The molecule has 1 heterocycles. The fourth-order valence-electron chi connectivity index (χ4n) is 0.729. The zero-order valence-corrected chi connectivity index (χ0v) is 7.83. The van der Waals surface area contributed by atoms with E-state index in [-0.39, 0.29) is 0 Å². The second-order valence-corrected chi connectivity index (χ2v) is 17.1. The molecule has 0 atom stereocenters. The van der Waals surface area contributed by atoms with Crippen LogP contribution < -0.4 is 0 Å². The van der Waals surface area contributed by atoms with Crippen LogP contribution in [0.3, 0.4) is 0 Å². The van der Waals surface area contributed by atoms with Crippen LogP contribution in [0.15, 0.2) is 0 Å². The van der Waals surface area contributed by atoms with Crippen molar-refractivity contribution >= 4 is 33.9 Å². The van der Waals surface area contributed by atoms with E-state index < -0.39 is 15.9 Å². The van der Waals surface area contributed by atoms with Crippen LogP contribution in [0.4, 0.5) is 0 Å². The van der Waals surface area contributed by atoms with E-state index >= 15 is 0 Å². The maximum absolute atomic E-state index is 5.92. The molecule has 1 aliphatic rings. The van der Waals surface area contributed by atoms with Crippen LogP contribution >= 0.6 is 17.9 Å². The van der Waals surface area contributed by atoms with Gasteiger partial charge in [0.25, 0.3) is 0 Å². The van der Waals surface area contributed by atoms with Crippen LogP contribution in [0.2, 0.25) is 8.94 Å². The van der Waals surface area contributed by atoms with E-state index in [0.29, 0.717) is 0 Å².